The molecule has 0 spiro atoms. The van der Waals surface area contributed by atoms with E-state index >= 15 is 0 Å². The first kappa shape index (κ1) is 54.6. The zero-order valence-corrected chi connectivity index (χ0v) is 43.4. The molecule has 72 heavy (non-hydrogen) atoms. The first-order valence-electron chi connectivity index (χ1n) is 24.8. The van der Waals surface area contributed by atoms with Crippen molar-refractivity contribution < 1.29 is 41.8 Å². The minimum absolute atomic E-state index is 0. The highest BCUT2D eigenvalue weighted by atomic mass is 16.6. The quantitative estimate of drug-likeness (QED) is 0.155. The maximum atomic E-state index is 12.2. The van der Waals surface area contributed by atoms with Crippen molar-refractivity contribution in [2.45, 2.75) is 143 Å². The van der Waals surface area contributed by atoms with Crippen LogP contribution in [-0.4, -0.2) is 119 Å². The molecule has 18 nitrogen and oxygen atoms in total. The predicted molar refractivity (Wildman–Crippen MR) is 274 cm³/mol. The van der Waals surface area contributed by atoms with Crippen molar-refractivity contribution >= 4 is 18.3 Å². The number of aromatic nitrogens is 6. The van der Waals surface area contributed by atoms with Crippen molar-refractivity contribution in [3.8, 4) is 34.4 Å². The standard InChI is InChI=1S/2C18H25N3O3.C17H23N3O3.CH4/c1-18(2,3)24-17(22)21-9-7-13(8-10-21)15-12-14(19-20(15)4)16-6-5-11-23-16;1-18(2,3)24-17(22)21-9-7-13(8-10-21)14-12-15(20(4)19-14)16-6-5-11-23-16;1-17(2,3)23-16(21)20-8-6-12(7-9-20)13-11-14(19-18-13)15-5-4-10-22-15;/h2*5-6,11-13H,7-10H2,1-4H3;4-5,10-12H,6-9H2,1-3H3,(H,18,19);1H4. The number of likely N-dealkylation sites (tertiary alicyclic amines) is 3. The lowest BCUT2D eigenvalue weighted by Crippen LogP contribution is -2.41. The number of nitrogens with one attached hydrogen (secondary N) is 1. The molecule has 392 valence electrons. The summed E-state index contributed by atoms with van der Waals surface area (Å²) in [5.74, 6) is 3.50. The third-order valence-corrected chi connectivity index (χ3v) is 12.4. The Labute approximate surface area is 424 Å². The molecule has 3 aliphatic rings. The van der Waals surface area contributed by atoms with Gasteiger partial charge in [-0.25, -0.2) is 14.4 Å². The van der Waals surface area contributed by atoms with Crippen LogP contribution >= 0.6 is 0 Å². The molecule has 3 saturated heterocycles. The van der Waals surface area contributed by atoms with Crippen LogP contribution < -0.4 is 0 Å². The molecule has 6 aromatic heterocycles. The second kappa shape index (κ2) is 23.2. The summed E-state index contributed by atoms with van der Waals surface area (Å²) < 4.78 is 36.4. The molecular formula is C54H77N9O9. The molecule has 18 heteroatoms. The molecule has 0 radical (unpaired) electrons. The smallest absolute Gasteiger partial charge is 0.410 e. The summed E-state index contributed by atoms with van der Waals surface area (Å²) in [5, 5.41) is 16.6. The van der Waals surface area contributed by atoms with Gasteiger partial charge in [-0.05, 0) is 155 Å². The van der Waals surface area contributed by atoms with E-state index in [1.807, 2.05) is 128 Å². The van der Waals surface area contributed by atoms with Gasteiger partial charge in [0, 0.05) is 82.5 Å². The Hall–Kier alpha value is -6.72. The van der Waals surface area contributed by atoms with Gasteiger partial charge in [0.25, 0.3) is 0 Å². The second-order valence-electron chi connectivity index (χ2n) is 21.5. The Morgan fingerprint density at radius 2 is 0.958 bits per heavy atom. The predicted octanol–water partition coefficient (Wildman–Crippen LogP) is 12.0. The van der Waals surface area contributed by atoms with Crippen molar-refractivity contribution in [2.75, 3.05) is 39.3 Å². The maximum Gasteiger partial charge on any atom is 0.410 e. The number of ether oxygens (including phenoxy) is 3. The number of amides is 3. The minimum Gasteiger partial charge on any atom is -0.463 e. The van der Waals surface area contributed by atoms with Crippen LogP contribution in [0.3, 0.4) is 0 Å². The van der Waals surface area contributed by atoms with Gasteiger partial charge in [-0.15, -0.1) is 0 Å². The number of nitrogens with zero attached hydrogens (tertiary/aromatic N) is 8. The minimum atomic E-state index is -0.452. The van der Waals surface area contributed by atoms with E-state index in [9.17, 15) is 14.4 Å². The Morgan fingerprint density at radius 1 is 0.542 bits per heavy atom. The normalized spacial score (nSPS) is 16.2. The number of piperidine rings is 3. The Bertz CT molecular complexity index is 2600. The molecule has 0 saturated carbocycles. The Balaban J connectivity index is 0.000000175. The fourth-order valence-electron chi connectivity index (χ4n) is 8.92. The molecule has 9 rings (SSSR count). The van der Waals surface area contributed by atoms with Crippen LogP contribution in [0.1, 0.15) is 143 Å². The van der Waals surface area contributed by atoms with Crippen molar-refractivity contribution in [1.82, 2.24) is 44.5 Å². The number of hydrogen-bond acceptors (Lipinski definition) is 12. The van der Waals surface area contributed by atoms with E-state index in [0.717, 1.165) is 84.3 Å². The van der Waals surface area contributed by atoms with Gasteiger partial charge in [0.1, 0.15) is 33.9 Å². The summed E-state index contributed by atoms with van der Waals surface area (Å²) in [6.07, 6.45) is 9.72. The summed E-state index contributed by atoms with van der Waals surface area (Å²) >= 11 is 0. The van der Waals surface area contributed by atoms with Crippen molar-refractivity contribution in [3.63, 3.8) is 0 Å². The average molecular weight is 996 g/mol. The van der Waals surface area contributed by atoms with Crippen LogP contribution in [0.2, 0.25) is 0 Å². The van der Waals surface area contributed by atoms with Gasteiger partial charge in [0.05, 0.1) is 24.5 Å². The van der Waals surface area contributed by atoms with Crippen molar-refractivity contribution in [3.05, 3.63) is 90.5 Å². The van der Waals surface area contributed by atoms with Crippen LogP contribution in [0.4, 0.5) is 14.4 Å². The molecule has 6 aromatic rings. The topological polar surface area (TPSA) is 192 Å². The van der Waals surface area contributed by atoms with Gasteiger partial charge in [0.15, 0.2) is 17.3 Å². The number of furan rings is 3. The third-order valence-electron chi connectivity index (χ3n) is 12.4. The molecule has 3 fully saturated rings. The number of hydrogen-bond donors (Lipinski definition) is 1. The number of H-pyrrole nitrogens is 1. The SMILES string of the molecule is C.CC(C)(C)OC(=O)N1CCC(c2cc(-c3ccco3)n[nH]2)CC1.Cn1nc(-c2ccco2)cc1C1CCN(C(=O)OC(C)(C)C)CC1.Cn1nc(C2CCN(C(=O)OC(C)(C)C)CC2)cc1-c1ccco1. The lowest BCUT2D eigenvalue weighted by molar-refractivity contribution is 0.0193. The average Bonchev–Trinajstić information content (AvgIpc) is 4.17. The van der Waals surface area contributed by atoms with E-state index in [1.165, 1.54) is 5.69 Å². The van der Waals surface area contributed by atoms with Gasteiger partial charge < -0.3 is 42.2 Å². The third kappa shape index (κ3) is 14.9. The highest BCUT2D eigenvalue weighted by molar-refractivity contribution is 5.69. The van der Waals surface area contributed by atoms with Crippen LogP contribution in [0.15, 0.2) is 86.6 Å². The van der Waals surface area contributed by atoms with Gasteiger partial charge in [-0.3, -0.25) is 14.5 Å². The molecule has 0 bridgehead atoms. The van der Waals surface area contributed by atoms with Crippen LogP contribution in [0.5, 0.6) is 0 Å². The van der Waals surface area contributed by atoms with Crippen LogP contribution in [0.25, 0.3) is 34.4 Å². The number of carbonyl (C=O) groups excluding carboxylic acids is 3. The Morgan fingerprint density at radius 3 is 1.39 bits per heavy atom. The first-order chi connectivity index (χ1) is 33.6. The van der Waals surface area contributed by atoms with Crippen LogP contribution in [0, 0.1) is 0 Å². The van der Waals surface area contributed by atoms with Crippen LogP contribution in [-0.2, 0) is 28.3 Å². The fraction of sp³-hybridized carbons (Fsp3) is 0.556. The molecule has 3 aliphatic heterocycles. The number of carbonyl (C=O) groups is 3. The van der Waals surface area contributed by atoms with E-state index < -0.39 is 16.8 Å². The summed E-state index contributed by atoms with van der Waals surface area (Å²) in [6, 6.07) is 17.5. The van der Waals surface area contributed by atoms with Gasteiger partial charge >= 0.3 is 18.3 Å². The molecule has 0 aliphatic carbocycles. The van der Waals surface area contributed by atoms with E-state index in [4.69, 9.17) is 27.5 Å². The van der Waals surface area contributed by atoms with E-state index in [-0.39, 0.29) is 25.7 Å². The zero-order valence-electron chi connectivity index (χ0n) is 43.4. The fourth-order valence-corrected chi connectivity index (χ4v) is 8.92. The lowest BCUT2D eigenvalue weighted by Gasteiger charge is -2.33. The number of aromatic amines is 1. The second-order valence-corrected chi connectivity index (χ2v) is 21.5. The van der Waals surface area contributed by atoms with Crippen molar-refractivity contribution in [2.24, 2.45) is 14.1 Å². The van der Waals surface area contributed by atoms with Gasteiger partial charge in [-0.1, -0.05) is 7.43 Å². The largest absolute Gasteiger partial charge is 0.463 e. The molecule has 0 atom stereocenters. The summed E-state index contributed by atoms with van der Waals surface area (Å²) in [4.78, 5) is 41.8. The highest BCUT2D eigenvalue weighted by Crippen LogP contribution is 2.34. The maximum absolute atomic E-state index is 12.2. The molecule has 9 heterocycles. The zero-order chi connectivity index (χ0) is 51.1. The van der Waals surface area contributed by atoms with Gasteiger partial charge in [-0.2, -0.15) is 15.3 Å². The van der Waals surface area contributed by atoms with Crippen molar-refractivity contribution in [1.29, 1.82) is 0 Å². The number of aryl methyl sites for hydroxylation is 2. The summed E-state index contributed by atoms with van der Waals surface area (Å²) in [5.41, 5.74) is 4.64. The van der Waals surface area contributed by atoms with E-state index in [0.29, 0.717) is 57.0 Å². The summed E-state index contributed by atoms with van der Waals surface area (Å²) in [6.45, 7) is 21.2. The summed E-state index contributed by atoms with van der Waals surface area (Å²) in [7, 11) is 3.89. The lowest BCUT2D eigenvalue weighted by atomic mass is 9.93. The highest BCUT2D eigenvalue weighted by Gasteiger charge is 2.32. The molecule has 0 unspecified atom stereocenters. The number of rotatable bonds is 6. The molecular weight excluding hydrogens is 919 g/mol. The Kier molecular flexibility index (Phi) is 17.6. The molecule has 3 amide bonds. The first-order valence-corrected chi connectivity index (χ1v) is 24.8. The van der Waals surface area contributed by atoms with E-state index in [1.54, 1.807) is 33.5 Å². The monoisotopic (exact) mass is 996 g/mol. The molecule has 1 N–H and O–H groups in total. The van der Waals surface area contributed by atoms with E-state index in [2.05, 4.69) is 32.5 Å². The molecule has 0 aromatic carbocycles. The van der Waals surface area contributed by atoms with Gasteiger partial charge in [0.2, 0.25) is 0 Å².